The molecule has 6 heteroatoms. The van der Waals surface area contributed by atoms with Gasteiger partial charge < -0.3 is 5.11 Å². The van der Waals surface area contributed by atoms with Crippen molar-refractivity contribution in [2.24, 2.45) is 0 Å². The molecule has 3 rings (SSSR count). The van der Waals surface area contributed by atoms with Crippen LogP contribution in [-0.4, -0.2) is 25.7 Å². The Morgan fingerprint density at radius 1 is 1.35 bits per heavy atom. The summed E-state index contributed by atoms with van der Waals surface area (Å²) in [5.41, 5.74) is 0.624. The van der Waals surface area contributed by atoms with E-state index < -0.39 is 5.97 Å². The van der Waals surface area contributed by atoms with Crippen LogP contribution in [-0.2, 0) is 5.41 Å². The lowest BCUT2D eigenvalue weighted by Crippen LogP contribution is -2.28. The van der Waals surface area contributed by atoms with Crippen molar-refractivity contribution >= 4 is 23.2 Å². The summed E-state index contributed by atoms with van der Waals surface area (Å²) in [6.45, 7) is 2.17. The average Bonchev–Trinajstić information content (AvgIpc) is 2.84. The van der Waals surface area contributed by atoms with Crippen LogP contribution < -0.4 is 0 Å². The molecule has 0 radical (unpaired) electrons. The minimum absolute atomic E-state index is 0.0574. The second-order valence-electron chi connectivity index (χ2n) is 5.72. The molecule has 106 valence electrons. The maximum absolute atomic E-state index is 11.2. The van der Waals surface area contributed by atoms with Crippen LogP contribution in [0, 0.1) is 0 Å². The second-order valence-corrected chi connectivity index (χ2v) is 6.13. The van der Waals surface area contributed by atoms with Crippen LogP contribution in [0.25, 0.3) is 5.65 Å². The van der Waals surface area contributed by atoms with E-state index in [1.807, 2.05) is 0 Å². The molecule has 2 aromatic heterocycles. The number of aromatic carboxylic acids is 1. The average molecular weight is 294 g/mol. The predicted octanol–water partition coefficient (Wildman–Crippen LogP) is 3.30. The molecule has 0 saturated heterocycles. The maximum atomic E-state index is 11.2. The number of rotatable bonds is 2. The summed E-state index contributed by atoms with van der Waals surface area (Å²) < 4.78 is 1.75. The zero-order valence-electron chi connectivity index (χ0n) is 11.3. The van der Waals surface area contributed by atoms with E-state index in [2.05, 4.69) is 17.1 Å². The van der Waals surface area contributed by atoms with Crippen molar-refractivity contribution in [2.75, 3.05) is 0 Å². The van der Waals surface area contributed by atoms with Gasteiger partial charge in [-0.3, -0.25) is 4.40 Å². The number of carbonyl (C=O) groups is 1. The summed E-state index contributed by atoms with van der Waals surface area (Å²) in [4.78, 5) is 11.2. The topological polar surface area (TPSA) is 67.5 Å². The number of aromatic nitrogens is 3. The van der Waals surface area contributed by atoms with Crippen molar-refractivity contribution in [3.8, 4) is 0 Å². The van der Waals surface area contributed by atoms with Gasteiger partial charge in [-0.15, -0.1) is 10.2 Å². The highest BCUT2D eigenvalue weighted by atomic mass is 35.5. The third kappa shape index (κ3) is 2.06. The molecule has 2 aromatic rings. The van der Waals surface area contributed by atoms with E-state index in [4.69, 9.17) is 16.7 Å². The maximum Gasteiger partial charge on any atom is 0.337 e. The molecule has 0 aliphatic heterocycles. The zero-order chi connectivity index (χ0) is 14.3. The first-order valence-electron chi connectivity index (χ1n) is 6.79. The molecule has 0 amide bonds. The van der Waals surface area contributed by atoms with Gasteiger partial charge in [-0.05, 0) is 18.9 Å². The van der Waals surface area contributed by atoms with Crippen molar-refractivity contribution < 1.29 is 9.90 Å². The number of carboxylic acid groups (broad SMARTS) is 1. The van der Waals surface area contributed by atoms with Crippen LogP contribution in [0.15, 0.2) is 12.3 Å². The highest BCUT2D eigenvalue weighted by molar-refractivity contribution is 6.33. The lowest BCUT2D eigenvalue weighted by Gasteiger charge is -2.31. The fourth-order valence-corrected chi connectivity index (χ4v) is 3.28. The number of carboxylic acids is 1. The van der Waals surface area contributed by atoms with Gasteiger partial charge in [0, 0.05) is 11.6 Å². The van der Waals surface area contributed by atoms with Crippen molar-refractivity contribution in [3.63, 3.8) is 0 Å². The highest BCUT2D eigenvalue weighted by Crippen LogP contribution is 2.38. The predicted molar refractivity (Wildman–Crippen MR) is 75.4 cm³/mol. The molecule has 20 heavy (non-hydrogen) atoms. The third-order valence-corrected chi connectivity index (χ3v) is 4.48. The lowest BCUT2D eigenvalue weighted by atomic mass is 9.75. The van der Waals surface area contributed by atoms with Crippen molar-refractivity contribution in [1.82, 2.24) is 14.6 Å². The Balaban J connectivity index is 2.19. The number of halogens is 1. The molecule has 1 aliphatic carbocycles. The summed E-state index contributed by atoms with van der Waals surface area (Å²) >= 11 is 6.12. The summed E-state index contributed by atoms with van der Waals surface area (Å²) in [5.74, 6) is -0.181. The van der Waals surface area contributed by atoms with Gasteiger partial charge in [0.1, 0.15) is 5.82 Å². The Kier molecular flexibility index (Phi) is 3.17. The molecule has 1 saturated carbocycles. The van der Waals surface area contributed by atoms with Crippen molar-refractivity contribution in [3.05, 3.63) is 28.7 Å². The third-order valence-electron chi connectivity index (χ3n) is 4.20. The standard InChI is InChI=1S/C14H16ClN3O2/c1-14(5-3-2-4-6-14)13-17-16-11-10(15)7-9(12(19)20)8-18(11)13/h7-8H,2-6H2,1H3,(H,19,20). The Labute approximate surface area is 121 Å². The summed E-state index contributed by atoms with van der Waals surface area (Å²) in [7, 11) is 0. The molecule has 0 atom stereocenters. The van der Waals surface area contributed by atoms with Crippen molar-refractivity contribution in [1.29, 1.82) is 0 Å². The zero-order valence-corrected chi connectivity index (χ0v) is 12.0. The van der Waals surface area contributed by atoms with Gasteiger partial charge in [0.05, 0.1) is 10.6 Å². The van der Waals surface area contributed by atoms with Crippen molar-refractivity contribution in [2.45, 2.75) is 44.4 Å². The van der Waals surface area contributed by atoms with Gasteiger partial charge in [-0.2, -0.15) is 0 Å². The molecular weight excluding hydrogens is 278 g/mol. The van der Waals surface area contributed by atoms with E-state index in [1.165, 1.54) is 12.5 Å². The van der Waals surface area contributed by atoms with Crippen LogP contribution in [0.2, 0.25) is 5.02 Å². The lowest BCUT2D eigenvalue weighted by molar-refractivity contribution is 0.0696. The van der Waals surface area contributed by atoms with Crippen LogP contribution in [0.3, 0.4) is 0 Å². The number of fused-ring (bicyclic) bond motifs is 1. The molecule has 2 heterocycles. The first kappa shape index (κ1) is 13.4. The van der Waals surface area contributed by atoms with Crippen LogP contribution in [0.5, 0.6) is 0 Å². The van der Waals surface area contributed by atoms with E-state index in [0.29, 0.717) is 10.7 Å². The number of hydrogen-bond acceptors (Lipinski definition) is 3. The number of pyridine rings is 1. The SMILES string of the molecule is CC1(c2nnc3c(Cl)cc(C(=O)O)cn23)CCCCC1. The highest BCUT2D eigenvalue weighted by Gasteiger charge is 2.33. The molecule has 0 spiro atoms. The monoisotopic (exact) mass is 293 g/mol. The van der Waals surface area contributed by atoms with Crippen LogP contribution >= 0.6 is 11.6 Å². The quantitative estimate of drug-likeness (QED) is 0.922. The molecule has 1 fully saturated rings. The normalized spacial score (nSPS) is 18.3. The molecular formula is C14H16ClN3O2. The fraction of sp³-hybridized carbons (Fsp3) is 0.500. The summed E-state index contributed by atoms with van der Waals surface area (Å²) in [6.07, 6.45) is 7.23. The largest absolute Gasteiger partial charge is 0.478 e. The Hall–Kier alpha value is -1.62. The van der Waals surface area contributed by atoms with Gasteiger partial charge in [0.2, 0.25) is 0 Å². The molecule has 1 N–H and O–H groups in total. The van der Waals surface area contributed by atoms with Crippen LogP contribution in [0.1, 0.15) is 55.2 Å². The number of hydrogen-bond donors (Lipinski definition) is 1. The van der Waals surface area contributed by atoms with Crippen LogP contribution in [0.4, 0.5) is 0 Å². The van der Waals surface area contributed by atoms with E-state index in [0.717, 1.165) is 31.5 Å². The van der Waals surface area contributed by atoms with Gasteiger partial charge in [-0.1, -0.05) is 37.8 Å². The van der Waals surface area contributed by atoms with E-state index >= 15 is 0 Å². The van der Waals surface area contributed by atoms with E-state index in [1.54, 1.807) is 10.6 Å². The van der Waals surface area contributed by atoms with Gasteiger partial charge in [-0.25, -0.2) is 4.79 Å². The summed E-state index contributed by atoms with van der Waals surface area (Å²) in [5, 5.41) is 17.9. The van der Waals surface area contributed by atoms with Gasteiger partial charge in [0.25, 0.3) is 0 Å². The molecule has 0 bridgehead atoms. The molecule has 5 nitrogen and oxygen atoms in total. The summed E-state index contributed by atoms with van der Waals surface area (Å²) in [6, 6.07) is 1.42. The second kappa shape index (κ2) is 4.74. The Bertz CT molecular complexity index is 674. The fourth-order valence-electron chi connectivity index (χ4n) is 3.04. The first-order chi connectivity index (χ1) is 9.51. The Morgan fingerprint density at radius 3 is 2.70 bits per heavy atom. The first-order valence-corrected chi connectivity index (χ1v) is 7.17. The smallest absolute Gasteiger partial charge is 0.337 e. The van der Waals surface area contributed by atoms with E-state index in [-0.39, 0.29) is 11.0 Å². The molecule has 0 unspecified atom stereocenters. The molecule has 1 aliphatic rings. The minimum Gasteiger partial charge on any atom is -0.478 e. The Morgan fingerprint density at radius 2 is 2.05 bits per heavy atom. The molecule has 0 aromatic carbocycles. The minimum atomic E-state index is -0.998. The van der Waals surface area contributed by atoms with Gasteiger partial charge >= 0.3 is 5.97 Å². The number of nitrogens with zero attached hydrogens (tertiary/aromatic N) is 3. The van der Waals surface area contributed by atoms with Gasteiger partial charge in [0.15, 0.2) is 5.65 Å². The van der Waals surface area contributed by atoms with E-state index in [9.17, 15) is 4.79 Å².